The Kier molecular flexibility index (Phi) is 22.1. The molecule has 0 saturated carbocycles. The average molecular weight is 543 g/mol. The Bertz CT molecular complexity index is 979. The summed E-state index contributed by atoms with van der Waals surface area (Å²) in [6.07, 6.45) is 5.53. The van der Waals surface area contributed by atoms with Crippen LogP contribution in [0.25, 0.3) is 0 Å². The summed E-state index contributed by atoms with van der Waals surface area (Å²) in [6.45, 7) is 0.178. The van der Waals surface area contributed by atoms with Crippen molar-refractivity contribution in [3.8, 4) is 0 Å². The summed E-state index contributed by atoms with van der Waals surface area (Å²) in [7, 11) is -6.22. The molecule has 35 heavy (non-hydrogen) atoms. The SMILES string of the molecule is O=C(O)/C=C\C(=O)CCCCC(=O)O.O=C(O)CCCN1C(=O)C=CC1=O.O=S(=O)=O.O=S(=O)=O. The molecule has 2 amide bonds. The molecular formula is C17H21NO15S2. The second-order valence-electron chi connectivity index (χ2n) is 5.81. The maximum atomic E-state index is 10.9. The molecule has 0 radical (unpaired) electrons. The average Bonchev–Trinajstić information content (AvgIpc) is 3.01. The number of carboxylic acid groups (broad SMARTS) is 3. The number of carbonyl (C=O) groups is 6. The van der Waals surface area contributed by atoms with Crippen LogP contribution in [0.2, 0.25) is 0 Å². The summed E-state index contributed by atoms with van der Waals surface area (Å²) in [5, 5.41) is 24.8. The molecule has 3 N–H and O–H groups in total. The molecular weight excluding hydrogens is 522 g/mol. The molecule has 0 saturated heterocycles. The standard InChI is InChI=1S/C9H12O5.C8H9NO4.2O3S/c10-7(5-6-9(13)14)3-1-2-4-8(11)12;10-6-3-4-7(11)9(6)5-1-2-8(12)13;2*1-4(2)3/h5-6H,1-4H2,(H,11,12)(H,13,14);3-4H,1-2,5H2,(H,12,13);;/b6-5-;;;. The van der Waals surface area contributed by atoms with E-state index in [1.165, 1.54) is 12.2 Å². The minimum Gasteiger partial charge on any atom is -0.481 e. The van der Waals surface area contributed by atoms with Crippen molar-refractivity contribution in [1.29, 1.82) is 0 Å². The maximum Gasteiger partial charge on any atom is 0.425 e. The van der Waals surface area contributed by atoms with Crippen molar-refractivity contribution in [3.63, 3.8) is 0 Å². The molecule has 1 aliphatic heterocycles. The summed E-state index contributed by atoms with van der Waals surface area (Å²) < 4.78 is 50.7. The number of hydrogen-bond acceptors (Lipinski definition) is 12. The Morgan fingerprint density at radius 2 is 1.06 bits per heavy atom. The van der Waals surface area contributed by atoms with Gasteiger partial charge in [-0.3, -0.25) is 28.9 Å². The first-order valence-electron chi connectivity index (χ1n) is 9.04. The molecule has 1 aliphatic rings. The highest BCUT2D eigenvalue weighted by atomic mass is 32.2. The first-order valence-corrected chi connectivity index (χ1v) is 11.0. The third-order valence-corrected chi connectivity index (χ3v) is 3.15. The molecule has 0 aromatic heterocycles. The van der Waals surface area contributed by atoms with Gasteiger partial charge < -0.3 is 15.3 Å². The lowest BCUT2D eigenvalue weighted by atomic mass is 10.1. The van der Waals surface area contributed by atoms with Crippen molar-refractivity contribution in [1.82, 2.24) is 4.90 Å². The first-order chi connectivity index (χ1) is 16.1. The normalized spacial score (nSPS) is 11.3. The number of allylic oxidation sites excluding steroid dienone is 1. The zero-order chi connectivity index (χ0) is 28.0. The van der Waals surface area contributed by atoms with Crippen LogP contribution in [0.1, 0.15) is 38.5 Å². The minimum absolute atomic E-state index is 0.0307. The fourth-order valence-electron chi connectivity index (χ4n) is 1.86. The van der Waals surface area contributed by atoms with Crippen molar-refractivity contribution in [2.24, 2.45) is 0 Å². The summed E-state index contributed by atoms with van der Waals surface area (Å²) in [4.78, 5) is 64.0. The zero-order valence-electron chi connectivity index (χ0n) is 17.8. The predicted molar refractivity (Wildman–Crippen MR) is 110 cm³/mol. The number of unbranched alkanes of at least 4 members (excludes halogenated alkanes) is 1. The van der Waals surface area contributed by atoms with E-state index < -0.39 is 39.1 Å². The number of nitrogens with zero attached hydrogens (tertiary/aromatic N) is 1. The fraction of sp³-hybridized carbons (Fsp3) is 0.412. The van der Waals surface area contributed by atoms with Crippen molar-refractivity contribution in [3.05, 3.63) is 24.3 Å². The van der Waals surface area contributed by atoms with E-state index in [0.717, 1.165) is 17.1 Å². The molecule has 0 aromatic rings. The topological polar surface area (TPSA) is 269 Å². The number of hydrogen-bond donors (Lipinski definition) is 3. The number of amides is 2. The van der Waals surface area contributed by atoms with Crippen molar-refractivity contribution in [2.75, 3.05) is 6.54 Å². The highest BCUT2D eigenvalue weighted by Gasteiger charge is 2.22. The molecule has 16 nitrogen and oxygen atoms in total. The van der Waals surface area contributed by atoms with Crippen molar-refractivity contribution >= 4 is 56.7 Å². The molecule has 0 unspecified atom stereocenters. The molecule has 1 rings (SSSR count). The van der Waals surface area contributed by atoms with Crippen LogP contribution in [-0.2, 0) is 50.0 Å². The van der Waals surface area contributed by atoms with Gasteiger partial charge in [0.05, 0.1) is 0 Å². The fourth-order valence-corrected chi connectivity index (χ4v) is 1.86. The molecule has 18 heteroatoms. The Labute approximate surface area is 200 Å². The van der Waals surface area contributed by atoms with Crippen LogP contribution in [0.3, 0.4) is 0 Å². The molecule has 0 fully saturated rings. The predicted octanol–water partition coefficient (Wildman–Crippen LogP) is -1.39. The molecule has 196 valence electrons. The van der Waals surface area contributed by atoms with Gasteiger partial charge in [0, 0.05) is 44.0 Å². The second kappa shape index (κ2) is 21.8. The van der Waals surface area contributed by atoms with E-state index in [-0.39, 0.29) is 43.4 Å². The molecule has 0 atom stereocenters. The number of ketones is 1. The van der Waals surface area contributed by atoms with E-state index in [1.54, 1.807) is 0 Å². The maximum absolute atomic E-state index is 10.9. The number of imide groups is 1. The lowest BCUT2D eigenvalue weighted by Crippen LogP contribution is -2.31. The molecule has 0 aliphatic carbocycles. The molecule has 0 spiro atoms. The number of rotatable bonds is 11. The van der Waals surface area contributed by atoms with Gasteiger partial charge in [0.25, 0.3) is 11.8 Å². The highest BCUT2D eigenvalue weighted by Crippen LogP contribution is 2.05. The van der Waals surface area contributed by atoms with E-state index in [1.807, 2.05) is 0 Å². The van der Waals surface area contributed by atoms with Gasteiger partial charge >= 0.3 is 39.1 Å². The van der Waals surface area contributed by atoms with Crippen LogP contribution in [0.15, 0.2) is 24.3 Å². The Morgan fingerprint density at radius 1 is 0.686 bits per heavy atom. The van der Waals surface area contributed by atoms with Crippen LogP contribution in [0.4, 0.5) is 0 Å². The van der Waals surface area contributed by atoms with Crippen LogP contribution in [-0.4, -0.2) is 87.5 Å². The Morgan fingerprint density at radius 3 is 1.43 bits per heavy atom. The number of carboxylic acids is 3. The first kappa shape index (κ1) is 35.5. The number of carbonyl (C=O) groups excluding carboxylic acids is 3. The molecule has 1 heterocycles. The molecule has 0 bridgehead atoms. The smallest absolute Gasteiger partial charge is 0.425 e. The van der Waals surface area contributed by atoms with Crippen LogP contribution < -0.4 is 0 Å². The van der Waals surface area contributed by atoms with Gasteiger partial charge in [-0.15, -0.1) is 25.3 Å². The minimum atomic E-state index is -3.11. The summed E-state index contributed by atoms with van der Waals surface area (Å²) in [5.41, 5.74) is 0. The summed E-state index contributed by atoms with van der Waals surface area (Å²) >= 11 is 0. The van der Waals surface area contributed by atoms with Gasteiger partial charge in [-0.1, -0.05) is 0 Å². The number of aliphatic carboxylic acids is 3. The van der Waals surface area contributed by atoms with Crippen LogP contribution >= 0.6 is 0 Å². The summed E-state index contributed by atoms with van der Waals surface area (Å²) in [5.74, 6) is -4.00. The highest BCUT2D eigenvalue weighted by molar-refractivity contribution is 7.59. The lowest BCUT2D eigenvalue weighted by Gasteiger charge is -2.11. The summed E-state index contributed by atoms with van der Waals surface area (Å²) in [6, 6.07) is 0. The lowest BCUT2D eigenvalue weighted by molar-refractivity contribution is -0.140. The zero-order valence-corrected chi connectivity index (χ0v) is 19.4. The van der Waals surface area contributed by atoms with Gasteiger partial charge in [-0.05, 0) is 25.3 Å². The monoisotopic (exact) mass is 543 g/mol. The Hall–Kier alpha value is -4.06. The van der Waals surface area contributed by atoms with Crippen molar-refractivity contribution < 1.29 is 69.3 Å². The van der Waals surface area contributed by atoms with E-state index in [9.17, 15) is 28.8 Å². The van der Waals surface area contributed by atoms with Crippen molar-refractivity contribution in [2.45, 2.75) is 38.5 Å². The Balaban J connectivity index is -0.000000449. The van der Waals surface area contributed by atoms with Gasteiger partial charge in [0.15, 0.2) is 5.78 Å². The van der Waals surface area contributed by atoms with E-state index >= 15 is 0 Å². The van der Waals surface area contributed by atoms with Gasteiger partial charge in [-0.2, -0.15) is 0 Å². The quantitative estimate of drug-likeness (QED) is 0.154. The second-order valence-corrected chi connectivity index (χ2v) is 6.62. The van der Waals surface area contributed by atoms with Crippen LogP contribution in [0, 0.1) is 0 Å². The van der Waals surface area contributed by atoms with Gasteiger partial charge in [-0.25, -0.2) is 4.79 Å². The molecule has 0 aromatic carbocycles. The largest absolute Gasteiger partial charge is 0.481 e. The third-order valence-electron chi connectivity index (χ3n) is 3.15. The van der Waals surface area contributed by atoms with Gasteiger partial charge in [0.2, 0.25) is 0 Å². The van der Waals surface area contributed by atoms with Crippen LogP contribution in [0.5, 0.6) is 0 Å². The van der Waals surface area contributed by atoms with E-state index in [0.29, 0.717) is 19.3 Å². The van der Waals surface area contributed by atoms with E-state index in [4.69, 9.17) is 40.6 Å². The van der Waals surface area contributed by atoms with Gasteiger partial charge in [0.1, 0.15) is 0 Å². The third kappa shape index (κ3) is 32.2. The van der Waals surface area contributed by atoms with E-state index in [2.05, 4.69) is 0 Å².